The molecule has 0 radical (unpaired) electrons. The first-order valence-electron chi connectivity index (χ1n) is 7.60. The number of carbonyl (C=O) groups excluding carboxylic acids is 1. The maximum Gasteiger partial charge on any atom is 0.303 e. The number of carboxylic acids is 1. The predicted octanol–water partition coefficient (Wildman–Crippen LogP) is 1.76. The van der Waals surface area contributed by atoms with Gasteiger partial charge in [0.2, 0.25) is 5.91 Å². The summed E-state index contributed by atoms with van der Waals surface area (Å²) in [7, 11) is 0. The van der Waals surface area contributed by atoms with E-state index in [4.69, 9.17) is 10.8 Å². The lowest BCUT2D eigenvalue weighted by Gasteiger charge is -2.27. The zero-order chi connectivity index (χ0) is 15.2. The smallest absolute Gasteiger partial charge is 0.303 e. The average Bonchev–Trinajstić information content (AvgIpc) is 2.84. The van der Waals surface area contributed by atoms with Crippen molar-refractivity contribution < 1.29 is 14.7 Å². The van der Waals surface area contributed by atoms with Crippen molar-refractivity contribution >= 4 is 11.9 Å². The van der Waals surface area contributed by atoms with E-state index in [1.54, 1.807) is 0 Å². The number of rotatable bonds is 8. The normalized spacial score (nSPS) is 19.0. The van der Waals surface area contributed by atoms with Gasteiger partial charge in [0.05, 0.1) is 5.41 Å². The Bertz CT molecular complexity index is 336. The summed E-state index contributed by atoms with van der Waals surface area (Å²) in [6, 6.07) is 0. The Morgan fingerprint density at radius 2 is 1.90 bits per heavy atom. The van der Waals surface area contributed by atoms with Crippen molar-refractivity contribution in [3.05, 3.63) is 0 Å². The van der Waals surface area contributed by atoms with E-state index in [9.17, 15) is 9.59 Å². The summed E-state index contributed by atoms with van der Waals surface area (Å²) in [4.78, 5) is 23.2. The predicted molar refractivity (Wildman–Crippen MR) is 78.2 cm³/mol. The second kappa shape index (κ2) is 7.62. The lowest BCUT2D eigenvalue weighted by atomic mass is 9.85. The van der Waals surface area contributed by atoms with E-state index >= 15 is 0 Å². The Hall–Kier alpha value is -1.10. The van der Waals surface area contributed by atoms with Crippen LogP contribution in [0.3, 0.4) is 0 Å². The van der Waals surface area contributed by atoms with Crippen LogP contribution in [0.4, 0.5) is 0 Å². The fraction of sp³-hybridized carbons (Fsp3) is 0.867. The van der Waals surface area contributed by atoms with E-state index in [-0.39, 0.29) is 18.2 Å². The Labute approximate surface area is 121 Å². The zero-order valence-electron chi connectivity index (χ0n) is 12.7. The highest BCUT2D eigenvalue weighted by Crippen LogP contribution is 2.37. The van der Waals surface area contributed by atoms with E-state index in [2.05, 4.69) is 19.2 Å². The van der Waals surface area contributed by atoms with Crippen molar-refractivity contribution in [3.8, 4) is 0 Å². The lowest BCUT2D eigenvalue weighted by molar-refractivity contribution is -0.138. The first kappa shape index (κ1) is 17.0. The highest BCUT2D eigenvalue weighted by molar-refractivity contribution is 5.83. The number of aliphatic carboxylic acids is 1. The first-order valence-corrected chi connectivity index (χ1v) is 7.60. The molecule has 1 unspecified atom stereocenters. The number of hydrogen-bond donors (Lipinski definition) is 3. The van der Waals surface area contributed by atoms with Crippen molar-refractivity contribution in [1.29, 1.82) is 0 Å². The minimum Gasteiger partial charge on any atom is -0.481 e. The monoisotopic (exact) mass is 284 g/mol. The molecule has 5 heteroatoms. The van der Waals surface area contributed by atoms with Gasteiger partial charge in [0.25, 0.3) is 0 Å². The third kappa shape index (κ3) is 4.78. The summed E-state index contributed by atoms with van der Waals surface area (Å²) in [5, 5.41) is 11.9. The largest absolute Gasteiger partial charge is 0.481 e. The number of carbonyl (C=O) groups is 2. The van der Waals surface area contributed by atoms with Crippen LogP contribution >= 0.6 is 0 Å². The fourth-order valence-electron chi connectivity index (χ4n) is 3.15. The van der Waals surface area contributed by atoms with Crippen molar-refractivity contribution in [1.82, 2.24) is 5.32 Å². The maximum atomic E-state index is 12.3. The molecule has 1 saturated carbocycles. The van der Waals surface area contributed by atoms with Gasteiger partial charge >= 0.3 is 5.97 Å². The van der Waals surface area contributed by atoms with Crippen molar-refractivity contribution in [2.75, 3.05) is 13.1 Å². The van der Waals surface area contributed by atoms with Crippen LogP contribution in [0.25, 0.3) is 0 Å². The summed E-state index contributed by atoms with van der Waals surface area (Å²) in [5.41, 5.74) is 5.37. The molecule has 1 rings (SSSR count). The van der Waals surface area contributed by atoms with E-state index in [1.807, 2.05) is 0 Å². The Balaban J connectivity index is 2.52. The Morgan fingerprint density at radius 3 is 2.35 bits per heavy atom. The van der Waals surface area contributed by atoms with E-state index < -0.39 is 11.4 Å². The van der Waals surface area contributed by atoms with Gasteiger partial charge in [-0.1, -0.05) is 26.7 Å². The summed E-state index contributed by atoms with van der Waals surface area (Å²) >= 11 is 0. The molecule has 0 heterocycles. The molecule has 5 nitrogen and oxygen atoms in total. The molecule has 0 aromatic rings. The molecule has 0 spiro atoms. The number of carboxylic acid groups (broad SMARTS) is 1. The molecule has 116 valence electrons. The lowest BCUT2D eigenvalue weighted by Crippen LogP contribution is -2.45. The molecule has 1 aliphatic rings. The van der Waals surface area contributed by atoms with Crippen LogP contribution in [0.5, 0.6) is 0 Å². The highest BCUT2D eigenvalue weighted by Gasteiger charge is 2.39. The molecule has 20 heavy (non-hydrogen) atoms. The molecule has 0 saturated heterocycles. The quantitative estimate of drug-likeness (QED) is 0.633. The van der Waals surface area contributed by atoms with Crippen molar-refractivity contribution in [2.45, 2.75) is 52.4 Å². The minimum absolute atomic E-state index is 0.00678. The molecule has 0 aromatic carbocycles. The van der Waals surface area contributed by atoms with Gasteiger partial charge in [0.1, 0.15) is 0 Å². The summed E-state index contributed by atoms with van der Waals surface area (Å²) < 4.78 is 0. The van der Waals surface area contributed by atoms with E-state index in [0.29, 0.717) is 19.0 Å². The van der Waals surface area contributed by atoms with Gasteiger partial charge < -0.3 is 16.2 Å². The zero-order valence-corrected chi connectivity index (χ0v) is 12.7. The molecule has 0 aromatic heterocycles. The van der Waals surface area contributed by atoms with Gasteiger partial charge in [-0.05, 0) is 31.1 Å². The molecular weight excluding hydrogens is 256 g/mol. The molecule has 4 N–H and O–H groups in total. The van der Waals surface area contributed by atoms with Gasteiger partial charge in [-0.3, -0.25) is 9.59 Å². The summed E-state index contributed by atoms with van der Waals surface area (Å²) in [6.45, 7) is 4.95. The fourth-order valence-corrected chi connectivity index (χ4v) is 3.15. The molecule has 1 atom stereocenters. The van der Waals surface area contributed by atoms with Crippen LogP contribution in [-0.4, -0.2) is 30.1 Å². The molecular formula is C15H28N2O3. The van der Waals surface area contributed by atoms with E-state index in [1.165, 1.54) is 0 Å². The number of nitrogens with two attached hydrogens (primary N) is 1. The first-order chi connectivity index (χ1) is 9.39. The van der Waals surface area contributed by atoms with Gasteiger partial charge in [-0.25, -0.2) is 0 Å². The number of amides is 1. The van der Waals surface area contributed by atoms with Crippen molar-refractivity contribution in [3.63, 3.8) is 0 Å². The Kier molecular flexibility index (Phi) is 6.46. The van der Waals surface area contributed by atoms with Crippen LogP contribution in [-0.2, 0) is 9.59 Å². The number of hydrogen-bond acceptors (Lipinski definition) is 3. The van der Waals surface area contributed by atoms with Crippen LogP contribution in [0, 0.1) is 17.3 Å². The number of nitrogens with one attached hydrogen (secondary N) is 1. The molecule has 1 fully saturated rings. The van der Waals surface area contributed by atoms with Gasteiger partial charge in [0, 0.05) is 19.5 Å². The molecule has 1 amide bonds. The van der Waals surface area contributed by atoms with Crippen LogP contribution in [0.2, 0.25) is 0 Å². The second-order valence-corrected chi connectivity index (χ2v) is 6.50. The SMILES string of the molecule is CC(C)CC(CNC(=O)C1(CN)CCCC1)CC(=O)O. The van der Waals surface area contributed by atoms with Crippen LogP contribution in [0.1, 0.15) is 52.4 Å². The second-order valence-electron chi connectivity index (χ2n) is 6.50. The van der Waals surface area contributed by atoms with Gasteiger partial charge in [-0.15, -0.1) is 0 Å². The third-order valence-electron chi connectivity index (χ3n) is 4.25. The summed E-state index contributed by atoms with van der Waals surface area (Å²) in [6.07, 6.45) is 4.72. The van der Waals surface area contributed by atoms with Gasteiger partial charge in [0.15, 0.2) is 0 Å². The molecule has 0 bridgehead atoms. The minimum atomic E-state index is -0.806. The maximum absolute atomic E-state index is 12.3. The van der Waals surface area contributed by atoms with Gasteiger partial charge in [-0.2, -0.15) is 0 Å². The third-order valence-corrected chi connectivity index (χ3v) is 4.25. The average molecular weight is 284 g/mol. The van der Waals surface area contributed by atoms with E-state index in [0.717, 1.165) is 32.1 Å². The van der Waals surface area contributed by atoms with Crippen LogP contribution in [0.15, 0.2) is 0 Å². The Morgan fingerprint density at radius 1 is 1.30 bits per heavy atom. The van der Waals surface area contributed by atoms with Crippen LogP contribution < -0.4 is 11.1 Å². The topological polar surface area (TPSA) is 92.4 Å². The molecule has 0 aliphatic heterocycles. The summed E-state index contributed by atoms with van der Waals surface area (Å²) in [5.74, 6) is -0.380. The van der Waals surface area contributed by atoms with Crippen molar-refractivity contribution in [2.24, 2.45) is 23.0 Å². The highest BCUT2D eigenvalue weighted by atomic mass is 16.4. The standard InChI is InChI=1S/C15H28N2O3/c1-11(2)7-12(8-13(18)19)9-17-14(20)15(10-16)5-3-4-6-15/h11-12H,3-10,16H2,1-2H3,(H,17,20)(H,18,19). The molecule has 1 aliphatic carbocycles.